The van der Waals surface area contributed by atoms with Crippen LogP contribution in [0, 0.1) is 5.82 Å². The van der Waals surface area contributed by atoms with Gasteiger partial charge in [-0.1, -0.05) is 6.07 Å². The van der Waals surface area contributed by atoms with E-state index in [2.05, 4.69) is 9.97 Å². The zero-order chi connectivity index (χ0) is 19.2. The number of aromatic nitrogens is 2. The molecule has 0 bridgehead atoms. The lowest BCUT2D eigenvalue weighted by Crippen LogP contribution is -2.27. The molecule has 1 heterocycles. The number of carbonyl (C=O) groups excluding carboxylic acids is 1. The maximum Gasteiger partial charge on any atom is 0.417 e. The Balaban J connectivity index is 2.36. The first kappa shape index (κ1) is 17.4. The van der Waals surface area contributed by atoms with Crippen LogP contribution in [0.1, 0.15) is 15.9 Å². The number of nitrogens with two attached hydrogens (primary N) is 2. The van der Waals surface area contributed by atoms with Crippen LogP contribution >= 0.6 is 0 Å². The topological polar surface area (TPSA) is 118 Å². The highest BCUT2D eigenvalue weighted by Crippen LogP contribution is 2.40. The molecule has 0 amide bonds. The van der Waals surface area contributed by atoms with Crippen LogP contribution in [0.4, 0.5) is 29.3 Å². The fourth-order valence-corrected chi connectivity index (χ4v) is 2.64. The predicted octanol–water partition coefficient (Wildman–Crippen LogP) is 1.98. The highest BCUT2D eigenvalue weighted by molar-refractivity contribution is 5.95. The lowest BCUT2D eigenvalue weighted by molar-refractivity contribution is -0.255. The summed E-state index contributed by atoms with van der Waals surface area (Å²) in [6, 6.07) is 4.60. The molecule has 0 spiro atoms. The molecular weight excluding hydrogens is 356 g/mol. The third-order valence-corrected chi connectivity index (χ3v) is 3.66. The summed E-state index contributed by atoms with van der Waals surface area (Å²) < 4.78 is 54.1. The van der Waals surface area contributed by atoms with Crippen molar-refractivity contribution in [1.29, 1.82) is 0 Å². The van der Waals surface area contributed by atoms with Gasteiger partial charge in [0, 0.05) is 10.9 Å². The number of hydrogen-bond donors (Lipinski definition) is 2. The number of aromatic carboxylic acids is 1. The SMILES string of the molecule is Nc1nc(N)c2cc(-c3cc(F)cc(C(=O)[O-])c3C(F)(F)F)ccc2n1. The van der Waals surface area contributed by atoms with Gasteiger partial charge >= 0.3 is 6.18 Å². The second-order valence-corrected chi connectivity index (χ2v) is 5.36. The molecule has 1 aromatic heterocycles. The molecule has 0 unspecified atom stereocenters. The molecule has 6 nitrogen and oxygen atoms in total. The van der Waals surface area contributed by atoms with Crippen LogP contribution in [0.2, 0.25) is 0 Å². The van der Waals surface area contributed by atoms with Crippen molar-refractivity contribution in [1.82, 2.24) is 9.97 Å². The van der Waals surface area contributed by atoms with Gasteiger partial charge in [0.25, 0.3) is 0 Å². The van der Waals surface area contributed by atoms with E-state index in [0.29, 0.717) is 6.07 Å². The third kappa shape index (κ3) is 2.96. The number of benzene rings is 2. The zero-order valence-electron chi connectivity index (χ0n) is 12.8. The van der Waals surface area contributed by atoms with Crippen molar-refractivity contribution < 1.29 is 27.5 Å². The molecule has 3 rings (SSSR count). The molecular formula is C16H9F4N4O2-. The predicted molar refractivity (Wildman–Crippen MR) is 83.1 cm³/mol. The number of alkyl halides is 3. The molecule has 26 heavy (non-hydrogen) atoms. The Bertz CT molecular complexity index is 1050. The molecule has 0 radical (unpaired) electrons. The van der Waals surface area contributed by atoms with Crippen molar-refractivity contribution in [3.63, 3.8) is 0 Å². The Morgan fingerprint density at radius 3 is 2.38 bits per heavy atom. The highest BCUT2D eigenvalue weighted by Gasteiger charge is 2.37. The largest absolute Gasteiger partial charge is 0.545 e. The van der Waals surface area contributed by atoms with Gasteiger partial charge in [-0.15, -0.1) is 0 Å². The van der Waals surface area contributed by atoms with Crippen LogP contribution in [0.25, 0.3) is 22.0 Å². The van der Waals surface area contributed by atoms with E-state index >= 15 is 0 Å². The van der Waals surface area contributed by atoms with E-state index in [1.807, 2.05) is 0 Å². The van der Waals surface area contributed by atoms with Crippen LogP contribution in [-0.2, 0) is 6.18 Å². The van der Waals surface area contributed by atoms with Gasteiger partial charge in [-0.25, -0.2) is 9.37 Å². The molecule has 0 aliphatic heterocycles. The van der Waals surface area contributed by atoms with Crippen LogP contribution < -0.4 is 16.6 Å². The molecule has 4 N–H and O–H groups in total. The summed E-state index contributed by atoms with van der Waals surface area (Å²) in [5.74, 6) is -3.51. The normalized spacial score (nSPS) is 11.7. The number of carboxylic acid groups (broad SMARTS) is 1. The molecule has 10 heteroatoms. The van der Waals surface area contributed by atoms with Crippen LogP contribution in [-0.4, -0.2) is 15.9 Å². The van der Waals surface area contributed by atoms with E-state index in [0.717, 1.165) is 0 Å². The second kappa shape index (κ2) is 5.83. The minimum absolute atomic E-state index is 0.0839. The van der Waals surface area contributed by atoms with Gasteiger partial charge in [-0.2, -0.15) is 18.2 Å². The molecule has 0 atom stereocenters. The van der Waals surface area contributed by atoms with Gasteiger partial charge in [0.05, 0.1) is 17.0 Å². The number of nitrogens with zero attached hydrogens (tertiary/aromatic N) is 2. The average Bonchev–Trinajstić information content (AvgIpc) is 2.52. The first-order chi connectivity index (χ1) is 12.1. The fourth-order valence-electron chi connectivity index (χ4n) is 2.64. The van der Waals surface area contributed by atoms with E-state index in [-0.39, 0.29) is 34.3 Å². The number of halogens is 4. The first-order valence-corrected chi connectivity index (χ1v) is 7.03. The summed E-state index contributed by atoms with van der Waals surface area (Å²) in [6.45, 7) is 0. The minimum Gasteiger partial charge on any atom is -0.545 e. The minimum atomic E-state index is -5.06. The van der Waals surface area contributed by atoms with Crippen LogP contribution in [0.5, 0.6) is 0 Å². The monoisotopic (exact) mass is 365 g/mol. The van der Waals surface area contributed by atoms with Gasteiger partial charge in [-0.3, -0.25) is 0 Å². The van der Waals surface area contributed by atoms with Crippen molar-refractivity contribution >= 4 is 28.6 Å². The molecule has 134 valence electrons. The quantitative estimate of drug-likeness (QED) is 0.671. The van der Waals surface area contributed by atoms with Gasteiger partial charge in [-0.05, 0) is 35.4 Å². The van der Waals surface area contributed by atoms with E-state index < -0.39 is 34.7 Å². The van der Waals surface area contributed by atoms with E-state index in [1.54, 1.807) is 0 Å². The first-order valence-electron chi connectivity index (χ1n) is 7.03. The molecule has 0 saturated carbocycles. The standard InChI is InChI=1S/C16H10F4N4O2/c17-7-4-8(12(16(18,19)20)10(5-7)14(25)26)6-1-2-11-9(3-6)13(21)24-15(22)23-11/h1-5H,(H,25,26)(H4,21,22,23,24)/p-1. The Hall–Kier alpha value is -3.43. The Morgan fingerprint density at radius 2 is 1.77 bits per heavy atom. The van der Waals surface area contributed by atoms with Gasteiger partial charge in [0.2, 0.25) is 5.95 Å². The van der Waals surface area contributed by atoms with Gasteiger partial charge in [0.15, 0.2) is 0 Å². The van der Waals surface area contributed by atoms with Gasteiger partial charge < -0.3 is 21.4 Å². The summed E-state index contributed by atoms with van der Waals surface area (Å²) in [5, 5.41) is 11.3. The molecule has 0 fully saturated rings. The lowest BCUT2D eigenvalue weighted by atomic mass is 9.93. The van der Waals surface area contributed by atoms with Crippen LogP contribution in [0.3, 0.4) is 0 Å². The summed E-state index contributed by atoms with van der Waals surface area (Å²) in [6.07, 6.45) is -5.06. The van der Waals surface area contributed by atoms with E-state index in [9.17, 15) is 27.5 Å². The Morgan fingerprint density at radius 1 is 1.08 bits per heavy atom. The number of nitrogen functional groups attached to an aromatic ring is 2. The lowest BCUT2D eigenvalue weighted by Gasteiger charge is -2.19. The zero-order valence-corrected chi connectivity index (χ0v) is 12.8. The van der Waals surface area contributed by atoms with E-state index in [1.165, 1.54) is 18.2 Å². The smallest absolute Gasteiger partial charge is 0.417 e. The van der Waals surface area contributed by atoms with Crippen molar-refractivity contribution in [3.8, 4) is 11.1 Å². The number of hydrogen-bond acceptors (Lipinski definition) is 6. The maximum absolute atomic E-state index is 13.8. The molecule has 3 aromatic rings. The fraction of sp³-hybridized carbons (Fsp3) is 0.0625. The molecule has 2 aromatic carbocycles. The van der Waals surface area contributed by atoms with Gasteiger partial charge in [0.1, 0.15) is 11.6 Å². The maximum atomic E-state index is 13.8. The molecule has 0 saturated heterocycles. The number of rotatable bonds is 2. The van der Waals surface area contributed by atoms with Crippen molar-refractivity contribution in [3.05, 3.63) is 47.3 Å². The average molecular weight is 365 g/mol. The van der Waals surface area contributed by atoms with Crippen molar-refractivity contribution in [2.75, 3.05) is 11.5 Å². The summed E-state index contributed by atoms with van der Waals surface area (Å²) in [4.78, 5) is 18.7. The molecule has 0 aliphatic rings. The van der Waals surface area contributed by atoms with Crippen molar-refractivity contribution in [2.24, 2.45) is 0 Å². The molecule has 0 aliphatic carbocycles. The van der Waals surface area contributed by atoms with Crippen LogP contribution in [0.15, 0.2) is 30.3 Å². The number of anilines is 2. The highest BCUT2D eigenvalue weighted by atomic mass is 19.4. The summed E-state index contributed by atoms with van der Waals surface area (Å²) >= 11 is 0. The Labute approximate surface area is 143 Å². The summed E-state index contributed by atoms with van der Waals surface area (Å²) in [5.41, 5.74) is 7.82. The summed E-state index contributed by atoms with van der Waals surface area (Å²) in [7, 11) is 0. The Kier molecular flexibility index (Phi) is 3.90. The van der Waals surface area contributed by atoms with Crippen molar-refractivity contribution in [2.45, 2.75) is 6.18 Å². The number of carboxylic acids is 1. The number of carbonyl (C=O) groups is 1. The third-order valence-electron chi connectivity index (χ3n) is 3.66. The second-order valence-electron chi connectivity index (χ2n) is 5.36. The van der Waals surface area contributed by atoms with E-state index in [4.69, 9.17) is 11.5 Å². The number of fused-ring (bicyclic) bond motifs is 1.